The minimum absolute atomic E-state index is 0.0314. The van der Waals surface area contributed by atoms with Crippen molar-refractivity contribution < 1.29 is 13.6 Å². The first-order valence-corrected chi connectivity index (χ1v) is 7.61. The lowest BCUT2D eigenvalue weighted by molar-refractivity contribution is 0.0862. The average Bonchev–Trinajstić information content (AvgIpc) is 2.38. The van der Waals surface area contributed by atoms with Crippen molar-refractivity contribution in [1.82, 2.24) is 4.90 Å². The summed E-state index contributed by atoms with van der Waals surface area (Å²) in [6.07, 6.45) is 1.89. The van der Waals surface area contributed by atoms with E-state index in [1.807, 2.05) is 0 Å². The van der Waals surface area contributed by atoms with E-state index in [-0.39, 0.29) is 17.9 Å². The van der Waals surface area contributed by atoms with Gasteiger partial charge in [-0.1, -0.05) is 27.7 Å². The van der Waals surface area contributed by atoms with E-state index < -0.39 is 11.6 Å². The van der Waals surface area contributed by atoms with E-state index in [0.717, 1.165) is 31.5 Å². The number of nitrogens with zero attached hydrogens (tertiary/aromatic N) is 1. The molecule has 118 valence electrons. The Morgan fingerprint density at radius 3 is 2.29 bits per heavy atom. The highest BCUT2D eigenvalue weighted by atomic mass is 19.1. The molecule has 1 aromatic rings. The Bertz CT molecular complexity index is 470. The van der Waals surface area contributed by atoms with Crippen molar-refractivity contribution >= 4 is 5.78 Å². The molecule has 21 heavy (non-hydrogen) atoms. The third-order valence-electron chi connectivity index (χ3n) is 3.64. The maximum Gasteiger partial charge on any atom is 0.179 e. The molecule has 0 saturated carbocycles. The lowest BCUT2D eigenvalue weighted by atomic mass is 10.0. The summed E-state index contributed by atoms with van der Waals surface area (Å²) in [6, 6.07) is 3.42. The summed E-state index contributed by atoms with van der Waals surface area (Å²) in [7, 11) is 0. The number of carbonyl (C=O) groups is 1. The molecular weight excluding hydrogens is 272 g/mol. The van der Waals surface area contributed by atoms with Gasteiger partial charge in [0.05, 0.1) is 12.1 Å². The summed E-state index contributed by atoms with van der Waals surface area (Å²) in [5.41, 5.74) is -0.0314. The molecule has 1 rings (SSSR count). The largest absolute Gasteiger partial charge is 0.293 e. The number of benzene rings is 1. The minimum atomic E-state index is -0.783. The Hall–Kier alpha value is -1.29. The normalized spacial score (nSPS) is 11.7. The number of rotatable bonds is 8. The molecule has 1 aromatic carbocycles. The van der Waals surface area contributed by atoms with Gasteiger partial charge in [-0.2, -0.15) is 0 Å². The van der Waals surface area contributed by atoms with Gasteiger partial charge >= 0.3 is 0 Å². The van der Waals surface area contributed by atoms with Gasteiger partial charge in [0.25, 0.3) is 0 Å². The fraction of sp³-hybridized carbons (Fsp3) is 0.588. The van der Waals surface area contributed by atoms with E-state index in [1.54, 1.807) is 0 Å². The number of halogens is 2. The SMILES string of the molecule is CCC(CC)N(CC(=O)c1ccc(F)cc1F)CC(C)C. The van der Waals surface area contributed by atoms with Crippen LogP contribution in [0.15, 0.2) is 18.2 Å². The van der Waals surface area contributed by atoms with Gasteiger partial charge in [0.2, 0.25) is 0 Å². The Balaban J connectivity index is 2.88. The Labute approximate surface area is 126 Å². The zero-order chi connectivity index (χ0) is 16.0. The van der Waals surface area contributed by atoms with Crippen LogP contribution in [0.4, 0.5) is 8.78 Å². The molecule has 0 bridgehead atoms. The van der Waals surface area contributed by atoms with Crippen molar-refractivity contribution in [2.75, 3.05) is 13.1 Å². The zero-order valence-corrected chi connectivity index (χ0v) is 13.3. The molecule has 0 radical (unpaired) electrons. The van der Waals surface area contributed by atoms with Crippen LogP contribution in [0.5, 0.6) is 0 Å². The highest BCUT2D eigenvalue weighted by Gasteiger charge is 2.21. The summed E-state index contributed by atoms with van der Waals surface area (Å²) >= 11 is 0. The van der Waals surface area contributed by atoms with Gasteiger partial charge in [0.15, 0.2) is 5.78 Å². The van der Waals surface area contributed by atoms with Crippen molar-refractivity contribution in [3.8, 4) is 0 Å². The molecule has 0 aromatic heterocycles. The van der Waals surface area contributed by atoms with E-state index in [2.05, 4.69) is 32.6 Å². The predicted molar refractivity (Wildman–Crippen MR) is 81.5 cm³/mol. The Kier molecular flexibility index (Phi) is 6.96. The number of carbonyl (C=O) groups excluding carboxylic acids is 1. The second-order valence-electron chi connectivity index (χ2n) is 5.84. The third-order valence-corrected chi connectivity index (χ3v) is 3.64. The highest BCUT2D eigenvalue weighted by molar-refractivity contribution is 5.97. The molecule has 4 heteroatoms. The quantitative estimate of drug-likeness (QED) is 0.667. The third kappa shape index (κ3) is 5.20. The van der Waals surface area contributed by atoms with Crippen LogP contribution in [-0.2, 0) is 0 Å². The first kappa shape index (κ1) is 17.8. The fourth-order valence-electron chi connectivity index (χ4n) is 2.60. The number of hydrogen-bond acceptors (Lipinski definition) is 2. The summed E-state index contributed by atoms with van der Waals surface area (Å²) < 4.78 is 26.6. The van der Waals surface area contributed by atoms with E-state index in [9.17, 15) is 13.6 Å². The first-order chi connectivity index (χ1) is 9.88. The molecule has 0 atom stereocenters. The standard InChI is InChI=1S/C17H25F2NO/c1-5-14(6-2)20(10-12(3)4)11-17(21)15-8-7-13(18)9-16(15)19/h7-9,12,14H,5-6,10-11H2,1-4H3. The van der Waals surface area contributed by atoms with Gasteiger partial charge < -0.3 is 0 Å². The van der Waals surface area contributed by atoms with Gasteiger partial charge in [-0.15, -0.1) is 0 Å². The van der Waals surface area contributed by atoms with E-state index in [1.165, 1.54) is 6.07 Å². The van der Waals surface area contributed by atoms with Crippen LogP contribution in [0.1, 0.15) is 50.9 Å². The summed E-state index contributed by atoms with van der Waals surface area (Å²) in [4.78, 5) is 14.4. The molecule has 0 N–H and O–H groups in total. The van der Waals surface area contributed by atoms with Gasteiger partial charge in [-0.3, -0.25) is 9.69 Å². The lowest BCUT2D eigenvalue weighted by Gasteiger charge is -2.31. The zero-order valence-electron chi connectivity index (χ0n) is 13.3. The first-order valence-electron chi connectivity index (χ1n) is 7.61. The van der Waals surface area contributed by atoms with Crippen LogP contribution in [0, 0.1) is 17.6 Å². The lowest BCUT2D eigenvalue weighted by Crippen LogP contribution is -2.41. The summed E-state index contributed by atoms with van der Waals surface area (Å²) in [6.45, 7) is 9.33. The molecule has 0 unspecified atom stereocenters. The maximum atomic E-state index is 13.7. The van der Waals surface area contributed by atoms with Crippen LogP contribution in [-0.4, -0.2) is 29.8 Å². The average molecular weight is 297 g/mol. The molecule has 0 fully saturated rings. The van der Waals surface area contributed by atoms with Crippen LogP contribution in [0.3, 0.4) is 0 Å². The van der Waals surface area contributed by atoms with E-state index >= 15 is 0 Å². The Morgan fingerprint density at radius 2 is 1.81 bits per heavy atom. The molecule has 0 amide bonds. The molecule has 2 nitrogen and oxygen atoms in total. The monoisotopic (exact) mass is 297 g/mol. The van der Waals surface area contributed by atoms with E-state index in [4.69, 9.17) is 0 Å². The van der Waals surface area contributed by atoms with Gasteiger partial charge in [0, 0.05) is 18.7 Å². The van der Waals surface area contributed by atoms with Gasteiger partial charge in [-0.25, -0.2) is 8.78 Å². The van der Waals surface area contributed by atoms with Crippen LogP contribution in [0.25, 0.3) is 0 Å². The maximum absolute atomic E-state index is 13.7. The van der Waals surface area contributed by atoms with Crippen molar-refractivity contribution in [3.05, 3.63) is 35.4 Å². The number of hydrogen-bond donors (Lipinski definition) is 0. The van der Waals surface area contributed by atoms with Crippen molar-refractivity contribution in [3.63, 3.8) is 0 Å². The predicted octanol–water partition coefficient (Wildman–Crippen LogP) is 4.29. The molecule has 0 aliphatic heterocycles. The second kappa shape index (κ2) is 8.23. The van der Waals surface area contributed by atoms with Crippen LogP contribution < -0.4 is 0 Å². The van der Waals surface area contributed by atoms with Gasteiger partial charge in [-0.05, 0) is 30.9 Å². The molecule has 0 aliphatic carbocycles. The van der Waals surface area contributed by atoms with Crippen LogP contribution >= 0.6 is 0 Å². The molecule has 0 saturated heterocycles. The molecule has 0 heterocycles. The van der Waals surface area contributed by atoms with Crippen molar-refractivity contribution in [2.45, 2.75) is 46.6 Å². The van der Waals surface area contributed by atoms with Crippen LogP contribution in [0.2, 0.25) is 0 Å². The van der Waals surface area contributed by atoms with Gasteiger partial charge in [0.1, 0.15) is 11.6 Å². The number of ketones is 1. The van der Waals surface area contributed by atoms with E-state index in [0.29, 0.717) is 12.0 Å². The summed E-state index contributed by atoms with van der Waals surface area (Å²) in [5, 5.41) is 0. The topological polar surface area (TPSA) is 20.3 Å². The van der Waals surface area contributed by atoms with Crippen molar-refractivity contribution in [2.24, 2.45) is 5.92 Å². The number of Topliss-reactive ketones (excluding diaryl/α,β-unsaturated/α-hetero) is 1. The molecular formula is C17H25F2NO. The Morgan fingerprint density at radius 1 is 1.19 bits per heavy atom. The summed E-state index contributed by atoms with van der Waals surface area (Å²) in [5.74, 6) is -1.31. The fourth-order valence-corrected chi connectivity index (χ4v) is 2.60. The highest BCUT2D eigenvalue weighted by Crippen LogP contribution is 2.15. The smallest absolute Gasteiger partial charge is 0.179 e. The minimum Gasteiger partial charge on any atom is -0.293 e. The molecule has 0 aliphatic rings. The van der Waals surface area contributed by atoms with Crippen molar-refractivity contribution in [1.29, 1.82) is 0 Å². The molecule has 0 spiro atoms. The second-order valence-corrected chi connectivity index (χ2v) is 5.84.